The highest BCUT2D eigenvalue weighted by Gasteiger charge is 2.12. The van der Waals surface area contributed by atoms with Crippen molar-refractivity contribution >= 4 is 35.8 Å². The molecule has 0 saturated heterocycles. The monoisotopic (exact) mass is 504 g/mol. The van der Waals surface area contributed by atoms with E-state index in [0.717, 1.165) is 18.4 Å². The summed E-state index contributed by atoms with van der Waals surface area (Å²) in [4.78, 5) is 16.0. The third kappa shape index (κ3) is 8.53. The largest absolute Gasteiger partial charge is 0.493 e. The third-order valence-electron chi connectivity index (χ3n) is 4.60. The molecule has 7 nitrogen and oxygen atoms in total. The van der Waals surface area contributed by atoms with Crippen molar-refractivity contribution in [2.75, 3.05) is 20.3 Å². The van der Waals surface area contributed by atoms with Crippen molar-refractivity contribution in [2.45, 2.75) is 58.0 Å². The smallest absolute Gasteiger partial charge is 0.257 e. The lowest BCUT2D eigenvalue weighted by Crippen LogP contribution is -2.39. The lowest BCUT2D eigenvalue weighted by atomic mass is 10.1. The van der Waals surface area contributed by atoms with Crippen LogP contribution < -0.4 is 25.8 Å². The fraction of sp³-hybridized carbons (Fsp3) is 0.600. The highest BCUT2D eigenvalue weighted by molar-refractivity contribution is 14.0. The van der Waals surface area contributed by atoms with Gasteiger partial charge in [0.05, 0.1) is 13.7 Å². The van der Waals surface area contributed by atoms with Gasteiger partial charge in [-0.15, -0.1) is 24.0 Å². The van der Waals surface area contributed by atoms with Gasteiger partial charge in [-0.05, 0) is 37.5 Å². The number of guanidine groups is 1. The molecule has 4 N–H and O–H groups in total. The van der Waals surface area contributed by atoms with Crippen molar-refractivity contribution in [3.05, 3.63) is 23.8 Å². The van der Waals surface area contributed by atoms with Crippen LogP contribution in [0.2, 0.25) is 0 Å². The summed E-state index contributed by atoms with van der Waals surface area (Å²) in [5.74, 6) is 1.42. The Kier molecular flexibility index (Phi) is 11.7. The van der Waals surface area contributed by atoms with Gasteiger partial charge in [0.25, 0.3) is 5.91 Å². The van der Waals surface area contributed by atoms with E-state index in [4.69, 9.17) is 15.2 Å². The number of nitrogens with one attached hydrogen (secondary N) is 2. The number of nitrogens with two attached hydrogens (primary N) is 1. The first-order chi connectivity index (χ1) is 13.1. The molecule has 2 rings (SSSR count). The molecule has 1 fully saturated rings. The zero-order valence-electron chi connectivity index (χ0n) is 16.8. The Bertz CT molecular complexity index is 632. The SMILES string of the molecule is CCNC(=O)COc1ccc(CN=C(N)NC2CCCCCC2)cc1OC.I. The highest BCUT2D eigenvalue weighted by atomic mass is 127. The van der Waals surface area contributed by atoms with E-state index in [2.05, 4.69) is 15.6 Å². The number of methoxy groups -OCH3 is 1. The second-order valence-electron chi connectivity index (χ2n) is 6.76. The van der Waals surface area contributed by atoms with Gasteiger partial charge in [0.15, 0.2) is 24.1 Å². The van der Waals surface area contributed by atoms with E-state index in [-0.39, 0.29) is 36.5 Å². The number of nitrogens with zero attached hydrogens (tertiary/aromatic N) is 1. The predicted octanol–water partition coefficient (Wildman–Crippen LogP) is 2.96. The predicted molar refractivity (Wildman–Crippen MR) is 123 cm³/mol. The van der Waals surface area contributed by atoms with Crippen LogP contribution in [-0.4, -0.2) is 38.2 Å². The van der Waals surface area contributed by atoms with Gasteiger partial charge in [0.2, 0.25) is 0 Å². The highest BCUT2D eigenvalue weighted by Crippen LogP contribution is 2.28. The molecule has 1 amide bonds. The van der Waals surface area contributed by atoms with Crippen molar-refractivity contribution in [1.82, 2.24) is 10.6 Å². The number of hydrogen-bond donors (Lipinski definition) is 3. The van der Waals surface area contributed by atoms with Gasteiger partial charge in [-0.2, -0.15) is 0 Å². The summed E-state index contributed by atoms with van der Waals surface area (Å²) in [6.45, 7) is 2.86. The maximum absolute atomic E-state index is 11.5. The molecule has 0 bridgehead atoms. The van der Waals surface area contributed by atoms with E-state index in [1.807, 2.05) is 19.1 Å². The second kappa shape index (κ2) is 13.5. The molecule has 1 aromatic rings. The normalized spacial score (nSPS) is 15.1. The topological polar surface area (TPSA) is 98.0 Å². The summed E-state index contributed by atoms with van der Waals surface area (Å²) in [5.41, 5.74) is 7.01. The molecule has 1 saturated carbocycles. The van der Waals surface area contributed by atoms with Crippen molar-refractivity contribution in [2.24, 2.45) is 10.7 Å². The zero-order chi connectivity index (χ0) is 19.5. The molecule has 1 aliphatic rings. The van der Waals surface area contributed by atoms with Crippen LogP contribution in [0.25, 0.3) is 0 Å². The van der Waals surface area contributed by atoms with Crippen LogP contribution in [0, 0.1) is 0 Å². The number of carbonyl (C=O) groups is 1. The molecule has 0 spiro atoms. The molecule has 0 aliphatic heterocycles. The van der Waals surface area contributed by atoms with E-state index in [1.165, 1.54) is 25.7 Å². The lowest BCUT2D eigenvalue weighted by molar-refractivity contribution is -0.123. The average molecular weight is 504 g/mol. The molecule has 0 heterocycles. The Labute approximate surface area is 184 Å². The molecule has 1 aromatic carbocycles. The minimum atomic E-state index is -0.161. The summed E-state index contributed by atoms with van der Waals surface area (Å²) >= 11 is 0. The summed E-state index contributed by atoms with van der Waals surface area (Å²) in [6, 6.07) is 5.97. The van der Waals surface area contributed by atoms with Crippen molar-refractivity contribution in [3.63, 3.8) is 0 Å². The van der Waals surface area contributed by atoms with Crippen LogP contribution in [0.4, 0.5) is 0 Å². The Hall–Kier alpha value is -1.71. The quantitative estimate of drug-likeness (QED) is 0.219. The molecule has 28 heavy (non-hydrogen) atoms. The van der Waals surface area contributed by atoms with Gasteiger partial charge in [0, 0.05) is 12.6 Å². The third-order valence-corrected chi connectivity index (χ3v) is 4.60. The van der Waals surface area contributed by atoms with Crippen LogP contribution in [0.15, 0.2) is 23.2 Å². The lowest BCUT2D eigenvalue weighted by Gasteiger charge is -2.16. The van der Waals surface area contributed by atoms with E-state index >= 15 is 0 Å². The first kappa shape index (κ1) is 24.3. The Morgan fingerprint density at radius 3 is 2.57 bits per heavy atom. The van der Waals surface area contributed by atoms with Crippen molar-refractivity contribution in [3.8, 4) is 11.5 Å². The molecular weight excluding hydrogens is 471 g/mol. The van der Waals surface area contributed by atoms with Crippen LogP contribution in [-0.2, 0) is 11.3 Å². The van der Waals surface area contributed by atoms with E-state index < -0.39 is 0 Å². The molecule has 0 aromatic heterocycles. The zero-order valence-corrected chi connectivity index (χ0v) is 19.2. The molecule has 0 unspecified atom stereocenters. The summed E-state index contributed by atoms with van der Waals surface area (Å²) in [7, 11) is 1.57. The van der Waals surface area contributed by atoms with Crippen LogP contribution >= 0.6 is 24.0 Å². The van der Waals surface area contributed by atoms with Crippen molar-refractivity contribution in [1.29, 1.82) is 0 Å². The Morgan fingerprint density at radius 2 is 1.93 bits per heavy atom. The Balaban J connectivity index is 0.00000392. The van der Waals surface area contributed by atoms with Gasteiger partial charge < -0.3 is 25.8 Å². The molecule has 8 heteroatoms. The minimum Gasteiger partial charge on any atom is -0.493 e. The number of hydrogen-bond acceptors (Lipinski definition) is 4. The Morgan fingerprint density at radius 1 is 1.21 bits per heavy atom. The van der Waals surface area contributed by atoms with Gasteiger partial charge in [0.1, 0.15) is 0 Å². The molecule has 0 atom stereocenters. The fourth-order valence-corrected chi connectivity index (χ4v) is 3.18. The van der Waals surface area contributed by atoms with Crippen LogP contribution in [0.5, 0.6) is 11.5 Å². The van der Waals surface area contributed by atoms with Gasteiger partial charge >= 0.3 is 0 Å². The molecule has 1 aliphatic carbocycles. The number of halogens is 1. The maximum Gasteiger partial charge on any atom is 0.257 e. The number of ether oxygens (including phenoxy) is 2. The molecule has 0 radical (unpaired) electrons. The van der Waals surface area contributed by atoms with E-state index in [1.54, 1.807) is 13.2 Å². The molecule has 158 valence electrons. The minimum absolute atomic E-state index is 0. The van der Waals surface area contributed by atoms with Crippen LogP contribution in [0.1, 0.15) is 51.0 Å². The number of likely N-dealkylation sites (N-methyl/N-ethyl adjacent to an activating group) is 1. The first-order valence-electron chi connectivity index (χ1n) is 9.75. The summed E-state index contributed by atoms with van der Waals surface area (Å²) in [6.07, 6.45) is 7.43. The number of benzene rings is 1. The average Bonchev–Trinajstić information content (AvgIpc) is 2.93. The standard InChI is InChI=1S/C20H32N4O3.HI/c1-3-22-19(25)14-27-17-11-10-15(12-18(17)26-2)13-23-20(21)24-16-8-6-4-5-7-9-16;/h10-12,16H,3-9,13-14H2,1-2H3,(H,22,25)(H3,21,23,24);1H. The second-order valence-corrected chi connectivity index (χ2v) is 6.76. The number of amides is 1. The summed E-state index contributed by atoms with van der Waals surface area (Å²) < 4.78 is 10.9. The van der Waals surface area contributed by atoms with Crippen LogP contribution in [0.3, 0.4) is 0 Å². The van der Waals surface area contributed by atoms with E-state index in [9.17, 15) is 4.79 Å². The van der Waals surface area contributed by atoms with Gasteiger partial charge in [-0.1, -0.05) is 31.7 Å². The van der Waals surface area contributed by atoms with Gasteiger partial charge in [-0.25, -0.2) is 4.99 Å². The maximum atomic E-state index is 11.5. The molecular formula is C20H33IN4O3. The first-order valence-corrected chi connectivity index (χ1v) is 9.75. The van der Waals surface area contributed by atoms with Crippen molar-refractivity contribution < 1.29 is 14.3 Å². The fourth-order valence-electron chi connectivity index (χ4n) is 3.18. The summed E-state index contributed by atoms with van der Waals surface area (Å²) in [5, 5.41) is 6.03. The van der Waals surface area contributed by atoms with E-state index in [0.29, 0.717) is 36.6 Å². The number of rotatable bonds is 8. The number of aliphatic imine (C=N–C) groups is 1. The van der Waals surface area contributed by atoms with Gasteiger partial charge in [-0.3, -0.25) is 4.79 Å². The number of carbonyl (C=O) groups excluding carboxylic acids is 1.